The molecule has 0 aliphatic carbocycles. The van der Waals surface area contributed by atoms with Gasteiger partial charge in [-0.25, -0.2) is 4.39 Å². The van der Waals surface area contributed by atoms with Gasteiger partial charge >= 0.3 is 0 Å². The average Bonchev–Trinajstić information content (AvgIpc) is 2.64. The highest BCUT2D eigenvalue weighted by Gasteiger charge is 2.13. The molecule has 0 atom stereocenters. The van der Waals surface area contributed by atoms with Crippen LogP contribution in [0.2, 0.25) is 0 Å². The van der Waals surface area contributed by atoms with Gasteiger partial charge in [0.05, 0.1) is 5.71 Å². The molecule has 0 spiro atoms. The van der Waals surface area contributed by atoms with Crippen LogP contribution >= 0.6 is 11.6 Å². The van der Waals surface area contributed by atoms with Crippen molar-refractivity contribution in [2.75, 3.05) is 0 Å². The molecule has 0 saturated heterocycles. The summed E-state index contributed by atoms with van der Waals surface area (Å²) in [5, 5.41) is 8.10. The summed E-state index contributed by atoms with van der Waals surface area (Å²) >= 11 is 5.66. The molecule has 0 amide bonds. The summed E-state index contributed by atoms with van der Waals surface area (Å²) in [6, 6.07) is 4.80. The standard InChI is InChI=1S/C12H10ClFN2/c1-7-5-12(16-15-7)9-3-4-10(8(2)13)11(14)6-9/h3-4,6H,2,5H2,1H3. The molecule has 0 unspecified atom stereocenters. The van der Waals surface area contributed by atoms with Crippen LogP contribution in [0.3, 0.4) is 0 Å². The Morgan fingerprint density at radius 2 is 2.19 bits per heavy atom. The Morgan fingerprint density at radius 1 is 1.44 bits per heavy atom. The first kappa shape index (κ1) is 11.0. The third kappa shape index (κ3) is 2.04. The maximum atomic E-state index is 13.6. The number of hydrogen-bond acceptors (Lipinski definition) is 2. The van der Waals surface area contributed by atoms with Crippen molar-refractivity contribution in [2.45, 2.75) is 13.3 Å². The highest BCUT2D eigenvalue weighted by atomic mass is 35.5. The van der Waals surface area contributed by atoms with E-state index in [4.69, 9.17) is 11.6 Å². The lowest BCUT2D eigenvalue weighted by molar-refractivity contribution is 0.624. The van der Waals surface area contributed by atoms with Gasteiger partial charge in [0.2, 0.25) is 0 Å². The molecular formula is C12H10ClFN2. The minimum atomic E-state index is -0.384. The van der Waals surface area contributed by atoms with Gasteiger partial charge in [0.15, 0.2) is 0 Å². The summed E-state index contributed by atoms with van der Waals surface area (Å²) in [7, 11) is 0. The van der Waals surface area contributed by atoms with Crippen LogP contribution in [0.5, 0.6) is 0 Å². The summed E-state index contributed by atoms with van der Waals surface area (Å²) in [5.74, 6) is -0.384. The zero-order valence-electron chi connectivity index (χ0n) is 8.80. The van der Waals surface area contributed by atoms with Crippen molar-refractivity contribution < 1.29 is 4.39 Å². The van der Waals surface area contributed by atoms with Crippen molar-refractivity contribution in [2.24, 2.45) is 10.2 Å². The molecule has 0 fully saturated rings. The van der Waals surface area contributed by atoms with Crippen molar-refractivity contribution >= 4 is 28.1 Å². The molecule has 2 nitrogen and oxygen atoms in total. The Kier molecular flexibility index (Phi) is 2.88. The smallest absolute Gasteiger partial charge is 0.132 e. The normalized spacial score (nSPS) is 14.7. The predicted molar refractivity (Wildman–Crippen MR) is 65.6 cm³/mol. The van der Waals surface area contributed by atoms with E-state index in [0.717, 1.165) is 17.0 Å². The Hall–Kier alpha value is -1.48. The van der Waals surface area contributed by atoms with Crippen molar-refractivity contribution in [3.05, 3.63) is 41.7 Å². The Bertz CT molecular complexity index is 518. The third-order valence-corrected chi connectivity index (χ3v) is 2.56. The summed E-state index contributed by atoms with van der Waals surface area (Å²) in [6.45, 7) is 5.39. The summed E-state index contributed by atoms with van der Waals surface area (Å²) in [4.78, 5) is 0. The summed E-state index contributed by atoms with van der Waals surface area (Å²) in [6.07, 6.45) is 0.667. The molecule has 82 valence electrons. The molecule has 0 saturated carbocycles. The van der Waals surface area contributed by atoms with Crippen LogP contribution in [0, 0.1) is 5.82 Å². The molecule has 0 radical (unpaired) electrons. The molecule has 1 heterocycles. The number of rotatable bonds is 2. The van der Waals surface area contributed by atoms with Crippen LogP contribution in [-0.2, 0) is 0 Å². The number of hydrogen-bond donors (Lipinski definition) is 0. The number of nitrogens with zero attached hydrogens (tertiary/aromatic N) is 2. The molecule has 16 heavy (non-hydrogen) atoms. The molecule has 1 aromatic rings. The van der Waals surface area contributed by atoms with E-state index in [9.17, 15) is 4.39 Å². The fourth-order valence-corrected chi connectivity index (χ4v) is 1.69. The first-order chi connectivity index (χ1) is 7.58. The second-order valence-corrected chi connectivity index (χ2v) is 4.11. The van der Waals surface area contributed by atoms with Gasteiger partial charge in [-0.05, 0) is 19.1 Å². The predicted octanol–water partition coefficient (Wildman–Crippen LogP) is 3.60. The first-order valence-corrected chi connectivity index (χ1v) is 5.20. The Balaban J connectivity index is 2.33. The van der Waals surface area contributed by atoms with E-state index >= 15 is 0 Å². The van der Waals surface area contributed by atoms with Gasteiger partial charge in [-0.1, -0.05) is 24.2 Å². The number of benzene rings is 1. The topological polar surface area (TPSA) is 24.7 Å². The zero-order valence-corrected chi connectivity index (χ0v) is 9.55. The highest BCUT2D eigenvalue weighted by Crippen LogP contribution is 2.22. The van der Waals surface area contributed by atoms with E-state index in [1.54, 1.807) is 12.1 Å². The Morgan fingerprint density at radius 3 is 2.69 bits per heavy atom. The first-order valence-electron chi connectivity index (χ1n) is 4.82. The average molecular weight is 237 g/mol. The van der Waals surface area contributed by atoms with Gasteiger partial charge in [0.25, 0.3) is 0 Å². The van der Waals surface area contributed by atoms with Crippen LogP contribution in [0.25, 0.3) is 5.03 Å². The van der Waals surface area contributed by atoms with Crippen LogP contribution in [0.4, 0.5) is 4.39 Å². The van der Waals surface area contributed by atoms with Crippen molar-refractivity contribution in [1.82, 2.24) is 0 Å². The SMILES string of the molecule is C=C(Cl)c1ccc(C2=NN=C(C)C2)cc1F. The maximum Gasteiger partial charge on any atom is 0.132 e. The largest absolute Gasteiger partial charge is 0.206 e. The molecule has 1 aromatic carbocycles. The zero-order chi connectivity index (χ0) is 11.7. The van der Waals surface area contributed by atoms with Crippen molar-refractivity contribution in [3.8, 4) is 0 Å². The molecular weight excluding hydrogens is 227 g/mol. The Labute approximate surface area is 98.2 Å². The molecule has 0 bridgehead atoms. The lowest BCUT2D eigenvalue weighted by atomic mass is 10.0. The van der Waals surface area contributed by atoms with Crippen LogP contribution < -0.4 is 0 Å². The molecule has 2 rings (SSSR count). The second kappa shape index (κ2) is 4.18. The molecule has 0 N–H and O–H groups in total. The summed E-state index contributed by atoms with van der Waals surface area (Å²) in [5.41, 5.74) is 2.77. The van der Waals surface area contributed by atoms with Crippen LogP contribution in [-0.4, -0.2) is 11.4 Å². The quantitative estimate of drug-likeness (QED) is 0.750. The second-order valence-electron chi connectivity index (χ2n) is 3.66. The van der Waals surface area contributed by atoms with Gasteiger partial charge in [-0.15, -0.1) is 0 Å². The number of halogens is 2. The van der Waals surface area contributed by atoms with E-state index < -0.39 is 0 Å². The van der Waals surface area contributed by atoms with Gasteiger partial charge in [-0.2, -0.15) is 10.2 Å². The lowest BCUT2D eigenvalue weighted by Crippen LogP contribution is -2.02. The van der Waals surface area contributed by atoms with E-state index in [-0.39, 0.29) is 10.8 Å². The molecule has 0 aromatic heterocycles. The van der Waals surface area contributed by atoms with Crippen LogP contribution in [0.15, 0.2) is 35.0 Å². The fraction of sp³-hybridized carbons (Fsp3) is 0.167. The van der Waals surface area contributed by atoms with Crippen molar-refractivity contribution in [3.63, 3.8) is 0 Å². The van der Waals surface area contributed by atoms with Gasteiger partial charge in [-0.3, -0.25) is 0 Å². The minimum absolute atomic E-state index is 0.199. The highest BCUT2D eigenvalue weighted by molar-refractivity contribution is 6.48. The van der Waals surface area contributed by atoms with E-state index in [0.29, 0.717) is 12.0 Å². The summed E-state index contributed by atoms with van der Waals surface area (Å²) < 4.78 is 13.6. The monoisotopic (exact) mass is 236 g/mol. The van der Waals surface area contributed by atoms with Gasteiger partial charge in [0.1, 0.15) is 5.82 Å². The third-order valence-electron chi connectivity index (χ3n) is 2.36. The van der Waals surface area contributed by atoms with Gasteiger partial charge in [0, 0.05) is 28.3 Å². The minimum Gasteiger partial charge on any atom is -0.206 e. The van der Waals surface area contributed by atoms with E-state index in [2.05, 4.69) is 16.8 Å². The molecule has 1 aliphatic heterocycles. The van der Waals surface area contributed by atoms with E-state index in [1.807, 2.05) is 6.92 Å². The molecule has 1 aliphatic rings. The van der Waals surface area contributed by atoms with Crippen LogP contribution in [0.1, 0.15) is 24.5 Å². The van der Waals surface area contributed by atoms with Gasteiger partial charge < -0.3 is 0 Å². The maximum absolute atomic E-state index is 13.6. The fourth-order valence-electron chi connectivity index (χ4n) is 1.53. The van der Waals surface area contributed by atoms with E-state index in [1.165, 1.54) is 6.07 Å². The molecule has 4 heteroatoms. The van der Waals surface area contributed by atoms with Crippen molar-refractivity contribution in [1.29, 1.82) is 0 Å². The lowest BCUT2D eigenvalue weighted by Gasteiger charge is -2.04.